The second-order valence-electron chi connectivity index (χ2n) is 3.92. The first-order valence-corrected chi connectivity index (χ1v) is 5.17. The quantitative estimate of drug-likeness (QED) is 0.798. The monoisotopic (exact) mass is 234 g/mol. The fourth-order valence-electron chi connectivity index (χ4n) is 1.48. The summed E-state index contributed by atoms with van der Waals surface area (Å²) in [6.45, 7) is 3.70. The second kappa shape index (κ2) is 4.00. The Labute approximate surface area is 97.8 Å². The van der Waals surface area contributed by atoms with Crippen molar-refractivity contribution in [3.63, 3.8) is 0 Å². The molecule has 17 heavy (non-hydrogen) atoms. The lowest BCUT2D eigenvalue weighted by Gasteiger charge is -1.87. The molecule has 0 amide bonds. The van der Waals surface area contributed by atoms with Crippen molar-refractivity contribution >= 4 is 11.5 Å². The number of aryl methyl sites for hydroxylation is 4. The molecule has 7 heteroatoms. The molecular formula is C10H14N6O. The van der Waals surface area contributed by atoms with Crippen molar-refractivity contribution in [2.24, 2.45) is 24.3 Å². The number of rotatable bonds is 2. The summed E-state index contributed by atoms with van der Waals surface area (Å²) < 4.78 is 3.07. The third-order valence-corrected chi connectivity index (χ3v) is 2.55. The summed E-state index contributed by atoms with van der Waals surface area (Å²) in [7, 11) is 3.47. The Balaban J connectivity index is 2.35. The number of aromatic amines is 1. The van der Waals surface area contributed by atoms with E-state index < -0.39 is 0 Å². The molecule has 0 saturated carbocycles. The van der Waals surface area contributed by atoms with E-state index in [4.69, 9.17) is 0 Å². The van der Waals surface area contributed by atoms with Crippen LogP contribution < -0.4 is 5.56 Å². The molecule has 0 aliphatic heterocycles. The Morgan fingerprint density at radius 3 is 2.47 bits per heavy atom. The molecule has 0 aromatic carbocycles. The SMILES string of the molecule is Cc1[nH]n(C)c(=O)c1N=Nc1cc(C)n(C)n1. The zero-order chi connectivity index (χ0) is 12.6. The van der Waals surface area contributed by atoms with Crippen LogP contribution in [0.2, 0.25) is 0 Å². The minimum atomic E-state index is -0.195. The first kappa shape index (κ1) is 11.3. The van der Waals surface area contributed by atoms with Crippen LogP contribution in [0.3, 0.4) is 0 Å². The van der Waals surface area contributed by atoms with Crippen LogP contribution in [-0.2, 0) is 14.1 Å². The van der Waals surface area contributed by atoms with Crippen LogP contribution in [0, 0.1) is 13.8 Å². The molecule has 7 nitrogen and oxygen atoms in total. The maximum atomic E-state index is 11.6. The van der Waals surface area contributed by atoms with E-state index in [1.165, 1.54) is 4.68 Å². The van der Waals surface area contributed by atoms with Gasteiger partial charge in [0.15, 0.2) is 11.5 Å². The molecule has 0 atom stereocenters. The van der Waals surface area contributed by atoms with Crippen LogP contribution in [0.1, 0.15) is 11.4 Å². The molecule has 0 saturated heterocycles. The summed E-state index contributed by atoms with van der Waals surface area (Å²) in [6, 6.07) is 1.80. The number of H-pyrrole nitrogens is 1. The van der Waals surface area contributed by atoms with Gasteiger partial charge in [-0.2, -0.15) is 5.10 Å². The molecule has 2 heterocycles. The van der Waals surface area contributed by atoms with E-state index in [9.17, 15) is 4.79 Å². The highest BCUT2D eigenvalue weighted by atomic mass is 16.1. The van der Waals surface area contributed by atoms with Crippen molar-refractivity contribution < 1.29 is 0 Å². The lowest BCUT2D eigenvalue weighted by Crippen LogP contribution is -2.10. The summed E-state index contributed by atoms with van der Waals surface area (Å²) in [5.74, 6) is 0.493. The number of hydrogen-bond acceptors (Lipinski definition) is 4. The lowest BCUT2D eigenvalue weighted by atomic mass is 10.4. The number of aromatic nitrogens is 4. The topological polar surface area (TPSA) is 80.3 Å². The zero-order valence-corrected chi connectivity index (χ0v) is 10.2. The van der Waals surface area contributed by atoms with Gasteiger partial charge in [-0.15, -0.1) is 10.2 Å². The number of nitrogens with one attached hydrogen (secondary N) is 1. The third kappa shape index (κ3) is 2.03. The lowest BCUT2D eigenvalue weighted by molar-refractivity contribution is 0.730. The summed E-state index contributed by atoms with van der Waals surface area (Å²) in [4.78, 5) is 11.6. The van der Waals surface area contributed by atoms with Crippen molar-refractivity contribution in [1.82, 2.24) is 19.6 Å². The number of azo groups is 1. The standard InChI is InChI=1S/C10H14N6O/c1-6-5-8(14-15(6)3)11-12-9-7(2)13-16(4)10(9)17/h5,13H,1-4H3. The molecule has 0 aliphatic rings. The Morgan fingerprint density at radius 1 is 1.29 bits per heavy atom. The second-order valence-corrected chi connectivity index (χ2v) is 3.92. The molecule has 2 aromatic rings. The molecule has 0 aliphatic carbocycles. The highest BCUT2D eigenvalue weighted by Gasteiger charge is 2.08. The molecule has 0 unspecified atom stereocenters. The van der Waals surface area contributed by atoms with Crippen molar-refractivity contribution in [3.8, 4) is 0 Å². The minimum Gasteiger partial charge on any atom is -0.298 e. The fourth-order valence-corrected chi connectivity index (χ4v) is 1.48. The fraction of sp³-hybridized carbons (Fsp3) is 0.400. The smallest absolute Gasteiger partial charge is 0.294 e. The van der Waals surface area contributed by atoms with Crippen LogP contribution in [0.15, 0.2) is 21.1 Å². The summed E-state index contributed by atoms with van der Waals surface area (Å²) >= 11 is 0. The van der Waals surface area contributed by atoms with Gasteiger partial charge in [0.2, 0.25) is 0 Å². The molecule has 0 fully saturated rings. The van der Waals surface area contributed by atoms with Gasteiger partial charge in [0.05, 0.1) is 5.69 Å². The van der Waals surface area contributed by atoms with Crippen molar-refractivity contribution in [1.29, 1.82) is 0 Å². The third-order valence-electron chi connectivity index (χ3n) is 2.55. The van der Waals surface area contributed by atoms with Gasteiger partial charge in [0.1, 0.15) is 0 Å². The summed E-state index contributed by atoms with van der Waals surface area (Å²) in [5, 5.41) is 14.9. The van der Waals surface area contributed by atoms with Gasteiger partial charge >= 0.3 is 0 Å². The van der Waals surface area contributed by atoms with Crippen molar-refractivity contribution in [3.05, 3.63) is 27.8 Å². The normalized spacial score (nSPS) is 11.5. The van der Waals surface area contributed by atoms with E-state index in [1.807, 2.05) is 14.0 Å². The van der Waals surface area contributed by atoms with E-state index in [-0.39, 0.29) is 5.56 Å². The van der Waals surface area contributed by atoms with E-state index >= 15 is 0 Å². The Hall–Kier alpha value is -2.18. The molecule has 0 radical (unpaired) electrons. The van der Waals surface area contributed by atoms with Crippen LogP contribution in [0.5, 0.6) is 0 Å². The predicted octanol–water partition coefficient (Wildman–Crippen LogP) is 1.48. The van der Waals surface area contributed by atoms with Gasteiger partial charge < -0.3 is 0 Å². The molecule has 90 valence electrons. The largest absolute Gasteiger partial charge is 0.298 e. The molecule has 0 bridgehead atoms. The summed E-state index contributed by atoms with van der Waals surface area (Å²) in [6.07, 6.45) is 0. The van der Waals surface area contributed by atoms with Gasteiger partial charge in [-0.25, -0.2) is 0 Å². The molecule has 1 N–H and O–H groups in total. The van der Waals surface area contributed by atoms with E-state index in [0.717, 1.165) is 5.69 Å². The Morgan fingerprint density at radius 2 is 2.00 bits per heavy atom. The average Bonchev–Trinajstić information content (AvgIpc) is 2.69. The Kier molecular flexibility index (Phi) is 2.66. The van der Waals surface area contributed by atoms with E-state index in [1.54, 1.807) is 24.7 Å². The van der Waals surface area contributed by atoms with Crippen molar-refractivity contribution in [2.45, 2.75) is 13.8 Å². The van der Waals surface area contributed by atoms with Crippen LogP contribution >= 0.6 is 0 Å². The highest BCUT2D eigenvalue weighted by Crippen LogP contribution is 2.16. The zero-order valence-electron chi connectivity index (χ0n) is 10.2. The first-order chi connectivity index (χ1) is 7.99. The minimum absolute atomic E-state index is 0.195. The van der Waals surface area contributed by atoms with Gasteiger partial charge in [-0.3, -0.25) is 19.3 Å². The van der Waals surface area contributed by atoms with Crippen LogP contribution in [0.25, 0.3) is 0 Å². The highest BCUT2D eigenvalue weighted by molar-refractivity contribution is 5.39. The van der Waals surface area contributed by atoms with Gasteiger partial charge in [-0.1, -0.05) is 0 Å². The molecule has 2 aromatic heterocycles. The maximum absolute atomic E-state index is 11.6. The maximum Gasteiger partial charge on any atom is 0.294 e. The van der Waals surface area contributed by atoms with Crippen molar-refractivity contribution in [2.75, 3.05) is 0 Å². The van der Waals surface area contributed by atoms with Gasteiger partial charge in [-0.05, 0) is 13.8 Å². The van der Waals surface area contributed by atoms with E-state index in [0.29, 0.717) is 17.2 Å². The Bertz CT molecular complexity index is 610. The predicted molar refractivity (Wildman–Crippen MR) is 62.9 cm³/mol. The number of hydrogen-bond donors (Lipinski definition) is 1. The molecule has 2 rings (SSSR count). The first-order valence-electron chi connectivity index (χ1n) is 5.17. The van der Waals surface area contributed by atoms with Crippen LogP contribution in [0.4, 0.5) is 11.5 Å². The summed E-state index contributed by atoms with van der Waals surface area (Å²) in [5.41, 5.74) is 1.79. The molecular weight excluding hydrogens is 220 g/mol. The van der Waals surface area contributed by atoms with Gasteiger partial charge in [0, 0.05) is 25.9 Å². The van der Waals surface area contributed by atoms with Gasteiger partial charge in [0.25, 0.3) is 5.56 Å². The van der Waals surface area contributed by atoms with E-state index in [2.05, 4.69) is 20.4 Å². The van der Waals surface area contributed by atoms with Crippen LogP contribution in [-0.4, -0.2) is 19.6 Å². The molecule has 0 spiro atoms. The average molecular weight is 234 g/mol. The number of nitrogens with zero attached hydrogens (tertiary/aromatic N) is 5.